The van der Waals surface area contributed by atoms with Crippen molar-refractivity contribution in [1.29, 1.82) is 0 Å². The lowest BCUT2D eigenvalue weighted by atomic mass is 9.93. The average Bonchev–Trinajstić information content (AvgIpc) is 2.53. The molecule has 0 bridgehead atoms. The van der Waals surface area contributed by atoms with Crippen LogP contribution in [-0.4, -0.2) is 25.5 Å². The third kappa shape index (κ3) is 2.66. The summed E-state index contributed by atoms with van der Waals surface area (Å²) in [6.45, 7) is 0. The molecule has 3 nitrogen and oxygen atoms in total. The third-order valence-corrected chi connectivity index (χ3v) is 4.21. The van der Waals surface area contributed by atoms with Crippen molar-refractivity contribution in [1.82, 2.24) is 0 Å². The van der Waals surface area contributed by atoms with E-state index in [4.69, 9.17) is 0 Å². The molecule has 0 aromatic heterocycles. The van der Waals surface area contributed by atoms with Gasteiger partial charge < -0.3 is 5.11 Å². The van der Waals surface area contributed by atoms with Crippen molar-refractivity contribution in [2.24, 2.45) is 0 Å². The first-order chi connectivity index (χ1) is 7.80. The highest BCUT2D eigenvalue weighted by Gasteiger charge is 2.37. The number of rotatable bonds is 3. The molecule has 0 saturated carbocycles. The highest BCUT2D eigenvalue weighted by atomic mass is 32.2. The quantitative estimate of drug-likeness (QED) is 0.891. The Kier molecular flexibility index (Phi) is 2.99. The molecule has 1 unspecified atom stereocenters. The molecule has 0 heterocycles. The van der Waals surface area contributed by atoms with Crippen LogP contribution in [0.2, 0.25) is 0 Å². The van der Waals surface area contributed by atoms with Gasteiger partial charge in [-0.2, -0.15) is 0 Å². The van der Waals surface area contributed by atoms with Crippen molar-refractivity contribution in [2.75, 3.05) is 12.0 Å². The van der Waals surface area contributed by atoms with Gasteiger partial charge in [-0.15, -0.1) is 0 Å². The summed E-state index contributed by atoms with van der Waals surface area (Å²) >= 11 is 0. The van der Waals surface area contributed by atoms with Gasteiger partial charge in [0, 0.05) is 6.26 Å². The van der Waals surface area contributed by atoms with Crippen LogP contribution in [0.3, 0.4) is 0 Å². The highest BCUT2D eigenvalue weighted by molar-refractivity contribution is 7.90. The minimum Gasteiger partial charge on any atom is -0.385 e. The number of halogens is 1. The molecule has 0 aliphatic heterocycles. The smallest absolute Gasteiger partial charge is 0.147 e. The molecule has 2 rings (SSSR count). The molecule has 0 radical (unpaired) electrons. The van der Waals surface area contributed by atoms with Gasteiger partial charge in [-0.1, -0.05) is 6.07 Å². The Hall–Kier alpha value is -0.940. The molecule has 17 heavy (non-hydrogen) atoms. The molecule has 0 saturated heterocycles. The van der Waals surface area contributed by atoms with Crippen LogP contribution in [0.25, 0.3) is 0 Å². The second-order valence-corrected chi connectivity index (χ2v) is 6.97. The van der Waals surface area contributed by atoms with Crippen molar-refractivity contribution < 1.29 is 17.9 Å². The van der Waals surface area contributed by atoms with E-state index in [2.05, 4.69) is 0 Å². The number of fused-ring (bicyclic) bond motifs is 1. The highest BCUT2D eigenvalue weighted by Crippen LogP contribution is 2.39. The van der Waals surface area contributed by atoms with Crippen LogP contribution in [0.1, 0.15) is 24.0 Å². The fourth-order valence-electron chi connectivity index (χ4n) is 2.31. The lowest BCUT2D eigenvalue weighted by Crippen LogP contribution is -2.25. The van der Waals surface area contributed by atoms with Crippen molar-refractivity contribution in [2.45, 2.75) is 24.9 Å². The number of aliphatic hydroxyl groups is 1. The Balaban J connectivity index is 2.25. The first-order valence-corrected chi connectivity index (χ1v) is 7.55. The Bertz CT molecular complexity index is 539. The van der Waals surface area contributed by atoms with Gasteiger partial charge in [0.05, 0.1) is 11.4 Å². The van der Waals surface area contributed by atoms with Gasteiger partial charge in [0.25, 0.3) is 0 Å². The fourth-order valence-corrected chi connectivity index (χ4v) is 3.02. The molecule has 1 N–H and O–H groups in total. The maximum atomic E-state index is 13.0. The summed E-state index contributed by atoms with van der Waals surface area (Å²) < 4.78 is 35.3. The second-order valence-electron chi connectivity index (χ2n) is 4.71. The second kappa shape index (κ2) is 4.07. The zero-order chi connectivity index (χ0) is 12.7. The fraction of sp³-hybridized carbons (Fsp3) is 0.500. The van der Waals surface area contributed by atoms with Crippen LogP contribution >= 0.6 is 0 Å². The van der Waals surface area contributed by atoms with Crippen molar-refractivity contribution in [3.8, 4) is 0 Å². The van der Waals surface area contributed by atoms with E-state index in [0.717, 1.165) is 11.8 Å². The van der Waals surface area contributed by atoms with Crippen LogP contribution in [0.15, 0.2) is 18.2 Å². The molecule has 0 spiro atoms. The molecule has 0 amide bonds. The molecular weight excluding hydrogens is 243 g/mol. The molecule has 1 aliphatic carbocycles. The minimum atomic E-state index is -3.09. The SMILES string of the molecule is CS(=O)(=O)CCC1(O)CCc2cc(F)ccc21. The molecule has 5 heteroatoms. The summed E-state index contributed by atoms with van der Waals surface area (Å²) in [4.78, 5) is 0. The van der Waals surface area contributed by atoms with E-state index in [1.807, 2.05) is 0 Å². The topological polar surface area (TPSA) is 54.4 Å². The Morgan fingerprint density at radius 2 is 2.18 bits per heavy atom. The van der Waals surface area contributed by atoms with E-state index in [0.29, 0.717) is 18.4 Å². The summed E-state index contributed by atoms with van der Waals surface area (Å²) in [5.74, 6) is -0.378. The summed E-state index contributed by atoms with van der Waals surface area (Å²) in [5, 5.41) is 10.4. The summed E-state index contributed by atoms with van der Waals surface area (Å²) in [6, 6.07) is 4.27. The van der Waals surface area contributed by atoms with Gasteiger partial charge in [0.15, 0.2) is 0 Å². The molecule has 1 aromatic carbocycles. The summed E-state index contributed by atoms with van der Waals surface area (Å²) in [5.41, 5.74) is 0.329. The van der Waals surface area contributed by atoms with E-state index < -0.39 is 15.4 Å². The molecule has 1 atom stereocenters. The van der Waals surface area contributed by atoms with E-state index >= 15 is 0 Å². The summed E-state index contributed by atoms with van der Waals surface area (Å²) in [7, 11) is -3.09. The third-order valence-electron chi connectivity index (χ3n) is 3.26. The largest absolute Gasteiger partial charge is 0.385 e. The van der Waals surface area contributed by atoms with Gasteiger partial charge in [-0.05, 0) is 42.5 Å². The van der Waals surface area contributed by atoms with Gasteiger partial charge in [0.1, 0.15) is 15.7 Å². The normalized spacial score (nSPS) is 23.7. The first-order valence-electron chi connectivity index (χ1n) is 5.49. The average molecular weight is 258 g/mol. The zero-order valence-corrected chi connectivity index (χ0v) is 10.4. The van der Waals surface area contributed by atoms with Crippen LogP contribution in [0.4, 0.5) is 4.39 Å². The van der Waals surface area contributed by atoms with Crippen LogP contribution in [-0.2, 0) is 21.9 Å². The molecule has 94 valence electrons. The van der Waals surface area contributed by atoms with Gasteiger partial charge in [-0.3, -0.25) is 0 Å². The molecule has 1 aliphatic rings. The molecule has 0 fully saturated rings. The Morgan fingerprint density at radius 1 is 1.47 bits per heavy atom. The first kappa shape index (κ1) is 12.5. The van der Waals surface area contributed by atoms with Crippen molar-refractivity contribution in [3.63, 3.8) is 0 Å². The van der Waals surface area contributed by atoms with Crippen LogP contribution in [0, 0.1) is 5.82 Å². The predicted octanol–water partition coefficient (Wildman–Crippen LogP) is 1.39. The Labute approximate surface area is 100 Å². The predicted molar refractivity (Wildman–Crippen MR) is 62.9 cm³/mol. The van der Waals surface area contributed by atoms with Crippen LogP contribution < -0.4 is 0 Å². The van der Waals surface area contributed by atoms with Gasteiger partial charge in [0.2, 0.25) is 0 Å². The van der Waals surface area contributed by atoms with E-state index in [-0.39, 0.29) is 18.0 Å². The maximum absolute atomic E-state index is 13.0. The van der Waals surface area contributed by atoms with Gasteiger partial charge >= 0.3 is 0 Å². The van der Waals surface area contributed by atoms with Crippen molar-refractivity contribution in [3.05, 3.63) is 35.1 Å². The number of sulfone groups is 1. The van der Waals surface area contributed by atoms with Crippen molar-refractivity contribution >= 4 is 9.84 Å². The number of hydrogen-bond donors (Lipinski definition) is 1. The van der Waals surface area contributed by atoms with E-state index in [9.17, 15) is 17.9 Å². The number of hydrogen-bond acceptors (Lipinski definition) is 3. The Morgan fingerprint density at radius 3 is 2.82 bits per heavy atom. The lowest BCUT2D eigenvalue weighted by molar-refractivity contribution is 0.0353. The monoisotopic (exact) mass is 258 g/mol. The number of aryl methyl sites for hydroxylation is 1. The number of benzene rings is 1. The lowest BCUT2D eigenvalue weighted by Gasteiger charge is -2.23. The zero-order valence-electron chi connectivity index (χ0n) is 9.61. The standard InChI is InChI=1S/C12H15FO3S/c1-17(15,16)7-6-12(14)5-4-9-8-10(13)2-3-11(9)12/h2-3,8,14H,4-7H2,1H3. The summed E-state index contributed by atoms with van der Waals surface area (Å²) in [6.07, 6.45) is 2.37. The molecular formula is C12H15FO3S. The van der Waals surface area contributed by atoms with E-state index in [1.165, 1.54) is 12.1 Å². The minimum absolute atomic E-state index is 0.0552. The van der Waals surface area contributed by atoms with Crippen LogP contribution in [0.5, 0.6) is 0 Å². The van der Waals surface area contributed by atoms with E-state index in [1.54, 1.807) is 6.07 Å². The molecule has 1 aromatic rings. The maximum Gasteiger partial charge on any atom is 0.147 e. The van der Waals surface area contributed by atoms with Gasteiger partial charge in [-0.25, -0.2) is 12.8 Å².